The molecule has 3 heterocycles. The third-order valence-corrected chi connectivity index (χ3v) is 10.7. The first kappa shape index (κ1) is 31.9. The number of para-hydroxylation sites is 2. The van der Waals surface area contributed by atoms with E-state index in [0.717, 1.165) is 66.0 Å². The van der Waals surface area contributed by atoms with E-state index in [2.05, 4.69) is 156 Å². The van der Waals surface area contributed by atoms with E-state index in [1.807, 2.05) is 42.5 Å². The number of nitrogens with zero attached hydrogens (tertiary/aromatic N) is 4. The van der Waals surface area contributed by atoms with Gasteiger partial charge in [0.15, 0.2) is 17.2 Å². The molecule has 0 aliphatic rings. The van der Waals surface area contributed by atoms with Gasteiger partial charge < -0.3 is 4.42 Å². The van der Waals surface area contributed by atoms with Crippen LogP contribution in [0.5, 0.6) is 0 Å². The zero-order chi connectivity index (χ0) is 37.0. The highest BCUT2D eigenvalue weighted by atomic mass is 16.3. The fraction of sp³-hybridized carbons (Fsp3) is 0. The number of furan rings is 1. The van der Waals surface area contributed by atoms with Gasteiger partial charge in [-0.1, -0.05) is 170 Å². The molecule has 0 bridgehead atoms. The molecule has 11 aromatic rings. The number of hydrogen-bond donors (Lipinski definition) is 0. The van der Waals surface area contributed by atoms with E-state index < -0.39 is 0 Å². The van der Waals surface area contributed by atoms with Crippen LogP contribution in [0.15, 0.2) is 199 Å². The van der Waals surface area contributed by atoms with Gasteiger partial charge in [0.25, 0.3) is 0 Å². The minimum atomic E-state index is 0.528. The largest absolute Gasteiger partial charge is 0.454 e. The topological polar surface area (TPSA) is 56.7 Å². The zero-order valence-corrected chi connectivity index (χ0v) is 30.2. The molecule has 0 unspecified atom stereocenters. The quantitative estimate of drug-likeness (QED) is 0.172. The van der Waals surface area contributed by atoms with Gasteiger partial charge in [0.2, 0.25) is 5.95 Å². The van der Waals surface area contributed by atoms with Crippen LogP contribution in [0.4, 0.5) is 0 Å². The van der Waals surface area contributed by atoms with E-state index in [1.54, 1.807) is 0 Å². The first-order valence-corrected chi connectivity index (χ1v) is 18.8. The molecular weight excluding hydrogens is 685 g/mol. The minimum absolute atomic E-state index is 0.528. The van der Waals surface area contributed by atoms with E-state index in [0.29, 0.717) is 17.6 Å². The summed E-state index contributed by atoms with van der Waals surface area (Å²) in [6.45, 7) is 0. The number of fused-ring (bicyclic) bond motifs is 7. The Bertz CT molecular complexity index is 3240. The van der Waals surface area contributed by atoms with E-state index in [1.165, 1.54) is 22.3 Å². The molecular formula is C51H32N4O. The van der Waals surface area contributed by atoms with Crippen molar-refractivity contribution < 1.29 is 4.42 Å². The lowest BCUT2D eigenvalue weighted by atomic mass is 9.92. The highest BCUT2D eigenvalue weighted by Crippen LogP contribution is 2.40. The zero-order valence-electron chi connectivity index (χ0n) is 30.2. The third kappa shape index (κ3) is 5.29. The summed E-state index contributed by atoms with van der Waals surface area (Å²) in [5, 5.41) is 4.31. The van der Waals surface area contributed by atoms with Gasteiger partial charge in [-0.25, -0.2) is 4.98 Å². The molecule has 5 nitrogen and oxygen atoms in total. The summed E-state index contributed by atoms with van der Waals surface area (Å²) < 4.78 is 8.76. The molecule has 0 N–H and O–H groups in total. The second kappa shape index (κ2) is 13.0. The van der Waals surface area contributed by atoms with Gasteiger partial charge in [0.05, 0.1) is 5.52 Å². The first-order valence-electron chi connectivity index (χ1n) is 18.8. The summed E-state index contributed by atoms with van der Waals surface area (Å²) in [5.74, 6) is 1.72. The molecule has 5 heteroatoms. The summed E-state index contributed by atoms with van der Waals surface area (Å²) in [5.41, 5.74) is 12.4. The molecule has 262 valence electrons. The smallest absolute Gasteiger partial charge is 0.238 e. The Morgan fingerprint density at radius 2 is 0.911 bits per heavy atom. The van der Waals surface area contributed by atoms with Crippen molar-refractivity contribution in [3.63, 3.8) is 0 Å². The first-order chi connectivity index (χ1) is 27.8. The van der Waals surface area contributed by atoms with Gasteiger partial charge in [0.1, 0.15) is 11.1 Å². The van der Waals surface area contributed by atoms with Gasteiger partial charge in [-0.15, -0.1) is 0 Å². The van der Waals surface area contributed by atoms with Crippen molar-refractivity contribution in [1.29, 1.82) is 0 Å². The molecule has 0 spiro atoms. The van der Waals surface area contributed by atoms with E-state index >= 15 is 0 Å². The van der Waals surface area contributed by atoms with Crippen molar-refractivity contribution >= 4 is 43.7 Å². The molecule has 0 saturated heterocycles. The van der Waals surface area contributed by atoms with Crippen LogP contribution in [0.3, 0.4) is 0 Å². The molecule has 0 aliphatic carbocycles. The number of rotatable bonds is 6. The van der Waals surface area contributed by atoms with Gasteiger partial charge in [-0.3, -0.25) is 4.57 Å². The summed E-state index contributed by atoms with van der Waals surface area (Å²) in [4.78, 5) is 15.5. The average molecular weight is 717 g/mol. The van der Waals surface area contributed by atoms with Gasteiger partial charge in [0, 0.05) is 32.7 Å². The van der Waals surface area contributed by atoms with Crippen LogP contribution in [0.1, 0.15) is 0 Å². The normalized spacial score (nSPS) is 11.6. The van der Waals surface area contributed by atoms with Crippen molar-refractivity contribution in [3.05, 3.63) is 194 Å². The summed E-state index contributed by atoms with van der Waals surface area (Å²) in [7, 11) is 0. The van der Waals surface area contributed by atoms with Crippen molar-refractivity contribution in [2.75, 3.05) is 0 Å². The maximum absolute atomic E-state index is 6.62. The van der Waals surface area contributed by atoms with Crippen LogP contribution in [0.2, 0.25) is 0 Å². The number of hydrogen-bond acceptors (Lipinski definition) is 4. The van der Waals surface area contributed by atoms with Gasteiger partial charge >= 0.3 is 0 Å². The van der Waals surface area contributed by atoms with Crippen LogP contribution in [0.25, 0.3) is 106 Å². The lowest BCUT2D eigenvalue weighted by molar-refractivity contribution is 0.670. The molecule has 3 aromatic heterocycles. The predicted molar refractivity (Wildman–Crippen MR) is 229 cm³/mol. The maximum Gasteiger partial charge on any atom is 0.238 e. The second-order valence-electron chi connectivity index (χ2n) is 14.0. The lowest BCUT2D eigenvalue weighted by Gasteiger charge is -2.13. The van der Waals surface area contributed by atoms with E-state index in [9.17, 15) is 0 Å². The van der Waals surface area contributed by atoms with Crippen molar-refractivity contribution in [2.45, 2.75) is 0 Å². The maximum atomic E-state index is 6.62. The Morgan fingerprint density at radius 3 is 1.68 bits per heavy atom. The molecule has 0 aliphatic heterocycles. The van der Waals surface area contributed by atoms with Crippen molar-refractivity contribution in [1.82, 2.24) is 19.5 Å². The molecule has 8 aromatic carbocycles. The average Bonchev–Trinajstić information content (AvgIpc) is 3.83. The fourth-order valence-electron chi connectivity index (χ4n) is 8.03. The third-order valence-electron chi connectivity index (χ3n) is 10.7. The van der Waals surface area contributed by atoms with Crippen LogP contribution >= 0.6 is 0 Å². The lowest BCUT2D eigenvalue weighted by Crippen LogP contribution is -2.06. The van der Waals surface area contributed by atoms with Crippen LogP contribution in [0, 0.1) is 0 Å². The Balaban J connectivity index is 1.07. The van der Waals surface area contributed by atoms with Crippen LogP contribution in [-0.2, 0) is 0 Å². The highest BCUT2D eigenvalue weighted by molar-refractivity contribution is 6.21. The molecule has 0 radical (unpaired) electrons. The van der Waals surface area contributed by atoms with Crippen LogP contribution < -0.4 is 0 Å². The molecule has 0 fully saturated rings. The highest BCUT2D eigenvalue weighted by Gasteiger charge is 2.22. The second-order valence-corrected chi connectivity index (χ2v) is 14.0. The van der Waals surface area contributed by atoms with Crippen molar-refractivity contribution in [3.8, 4) is 62.1 Å². The Hall–Kier alpha value is -7.63. The molecule has 0 atom stereocenters. The summed E-state index contributed by atoms with van der Waals surface area (Å²) in [6, 6.07) is 67.5. The van der Waals surface area contributed by atoms with Crippen LogP contribution in [-0.4, -0.2) is 19.5 Å². The number of benzene rings is 8. The molecule has 0 saturated carbocycles. The monoisotopic (exact) mass is 716 g/mol. The molecule has 0 amide bonds. The Morgan fingerprint density at radius 1 is 0.357 bits per heavy atom. The molecule has 11 rings (SSSR count). The Labute approximate surface area is 322 Å². The fourth-order valence-corrected chi connectivity index (χ4v) is 8.03. The Kier molecular flexibility index (Phi) is 7.42. The summed E-state index contributed by atoms with van der Waals surface area (Å²) in [6.07, 6.45) is 0. The summed E-state index contributed by atoms with van der Waals surface area (Å²) >= 11 is 0. The van der Waals surface area contributed by atoms with Gasteiger partial charge in [-0.05, 0) is 57.6 Å². The minimum Gasteiger partial charge on any atom is -0.454 e. The van der Waals surface area contributed by atoms with Gasteiger partial charge in [-0.2, -0.15) is 9.97 Å². The predicted octanol–water partition coefficient (Wildman–Crippen LogP) is 13.2. The van der Waals surface area contributed by atoms with Crippen molar-refractivity contribution in [2.24, 2.45) is 0 Å². The number of aromatic nitrogens is 4. The van der Waals surface area contributed by atoms with E-state index in [4.69, 9.17) is 19.4 Å². The van der Waals surface area contributed by atoms with E-state index in [-0.39, 0.29) is 0 Å². The SMILES string of the molecule is c1ccc(-c2cccc(-c3ccccc3-c3ccc(-c4nc(-c5ccccc5)nc(-n5c6ccccc6c6ccc7c8ccccc8oc7c65)n4)cc3)c2)cc1. The molecule has 56 heavy (non-hydrogen) atoms. The standard InChI is InChI=1S/C51H32N4O/c1-3-14-33(15-4-1)37-18-13-19-38(32-37)40-21-8-7-20-39(40)34-26-28-36(29-27-34)50-52-49(35-16-5-2-6-17-35)53-51(54-50)55-45-24-11-9-22-41(45)43-30-31-44-42-23-10-12-25-46(42)56-48(44)47(43)55/h1-32H.